The molecule has 5 nitrogen and oxygen atoms in total. The summed E-state index contributed by atoms with van der Waals surface area (Å²) in [5.41, 5.74) is 2.29. The fourth-order valence-corrected chi connectivity index (χ4v) is 5.50. The van der Waals surface area contributed by atoms with Gasteiger partial charge in [0.2, 0.25) is 0 Å². The molecule has 1 aliphatic heterocycles. The second-order valence-electron chi connectivity index (χ2n) is 7.19. The highest BCUT2D eigenvalue weighted by molar-refractivity contribution is 7.18. The largest absolute Gasteiger partial charge is 0.329 e. The van der Waals surface area contributed by atoms with Crippen molar-refractivity contribution in [3.05, 3.63) is 81.5 Å². The number of para-hydroxylation sites is 1. The van der Waals surface area contributed by atoms with Crippen LogP contribution in [0, 0.1) is 0 Å². The molecule has 0 radical (unpaired) electrons. The molecule has 0 unspecified atom stereocenters. The summed E-state index contributed by atoms with van der Waals surface area (Å²) in [6.45, 7) is 0.732. The summed E-state index contributed by atoms with van der Waals surface area (Å²) >= 11 is 3.06. The Morgan fingerprint density at radius 1 is 1.03 bits per heavy atom. The number of likely N-dealkylation sites (tertiary alicyclic amines) is 1. The lowest BCUT2D eigenvalue weighted by Gasteiger charge is -2.23. The van der Waals surface area contributed by atoms with Crippen LogP contribution in [-0.4, -0.2) is 28.2 Å². The van der Waals surface area contributed by atoms with E-state index < -0.39 is 0 Å². The number of rotatable bonds is 4. The Morgan fingerprint density at radius 3 is 2.63 bits per heavy atom. The minimum Gasteiger partial charge on any atom is -0.329 e. The first kappa shape index (κ1) is 19.0. The van der Waals surface area contributed by atoms with Crippen LogP contribution in [0.4, 0.5) is 5.69 Å². The minimum absolute atomic E-state index is 0.00731. The molecule has 1 N–H and O–H groups in total. The third kappa shape index (κ3) is 3.62. The van der Waals surface area contributed by atoms with Crippen molar-refractivity contribution >= 4 is 50.4 Å². The number of carbonyl (C=O) groups is 2. The van der Waals surface area contributed by atoms with Crippen molar-refractivity contribution in [3.63, 3.8) is 0 Å². The van der Waals surface area contributed by atoms with E-state index in [1.807, 2.05) is 34.5 Å². The van der Waals surface area contributed by atoms with Gasteiger partial charge in [-0.05, 0) is 60.7 Å². The highest BCUT2D eigenvalue weighted by atomic mass is 32.1. The van der Waals surface area contributed by atoms with E-state index >= 15 is 0 Å². The van der Waals surface area contributed by atoms with Gasteiger partial charge in [-0.15, -0.1) is 22.7 Å². The molecule has 150 valence electrons. The summed E-state index contributed by atoms with van der Waals surface area (Å²) in [7, 11) is 0. The predicted molar refractivity (Wildman–Crippen MR) is 121 cm³/mol. The van der Waals surface area contributed by atoms with Crippen LogP contribution in [0.25, 0.3) is 10.2 Å². The summed E-state index contributed by atoms with van der Waals surface area (Å²) < 4.78 is 1.15. The Kier molecular flexibility index (Phi) is 5.06. The molecule has 4 aromatic rings. The Balaban J connectivity index is 1.32. The van der Waals surface area contributed by atoms with Crippen LogP contribution in [0.1, 0.15) is 43.9 Å². The quantitative estimate of drug-likeness (QED) is 0.456. The number of thiophene rings is 1. The van der Waals surface area contributed by atoms with E-state index in [-0.39, 0.29) is 17.9 Å². The van der Waals surface area contributed by atoms with Gasteiger partial charge in [0.25, 0.3) is 11.8 Å². The van der Waals surface area contributed by atoms with Crippen LogP contribution in [0.3, 0.4) is 0 Å². The Morgan fingerprint density at radius 2 is 1.87 bits per heavy atom. The van der Waals surface area contributed by atoms with Gasteiger partial charge in [-0.2, -0.15) is 0 Å². The summed E-state index contributed by atoms with van der Waals surface area (Å²) in [5, 5.41) is 5.74. The van der Waals surface area contributed by atoms with Gasteiger partial charge in [0.05, 0.1) is 21.1 Å². The lowest BCUT2D eigenvalue weighted by molar-refractivity contribution is 0.0735. The van der Waals surface area contributed by atoms with Gasteiger partial charge < -0.3 is 10.2 Å². The Labute approximate surface area is 182 Å². The summed E-state index contributed by atoms with van der Waals surface area (Å²) in [6, 6.07) is 18.9. The highest BCUT2D eigenvalue weighted by Gasteiger charge is 2.32. The number of amides is 2. The molecule has 7 heteroatoms. The standard InChI is InChI=1S/C23H19N3O2S2/c27-21(20-8-4-14-29-20)24-16-11-9-15(10-12-16)23(28)26-13-3-6-18(26)22-25-17-5-1-2-7-19(17)30-22/h1-2,4-5,7-12,14,18H,3,6,13H2,(H,24,27)/t18-/m0/s1. The molecule has 2 amide bonds. The summed E-state index contributed by atoms with van der Waals surface area (Å²) in [6.07, 6.45) is 1.90. The third-order valence-corrected chi connectivity index (χ3v) is 7.25. The summed E-state index contributed by atoms with van der Waals surface area (Å²) in [5.74, 6) is -0.132. The van der Waals surface area contributed by atoms with Crippen molar-refractivity contribution in [2.24, 2.45) is 0 Å². The molecule has 1 fully saturated rings. The van der Waals surface area contributed by atoms with E-state index in [1.54, 1.807) is 41.7 Å². The Bertz CT molecular complexity index is 1170. The molecular formula is C23H19N3O2S2. The second-order valence-corrected chi connectivity index (χ2v) is 9.20. The molecule has 3 heterocycles. The van der Waals surface area contributed by atoms with Crippen LogP contribution in [-0.2, 0) is 0 Å². The fourth-order valence-electron chi connectivity index (χ4n) is 3.76. The number of nitrogens with one attached hydrogen (secondary N) is 1. The van der Waals surface area contributed by atoms with Gasteiger partial charge in [-0.1, -0.05) is 18.2 Å². The second kappa shape index (κ2) is 8.01. The van der Waals surface area contributed by atoms with E-state index in [1.165, 1.54) is 11.3 Å². The zero-order chi connectivity index (χ0) is 20.5. The van der Waals surface area contributed by atoms with E-state index in [9.17, 15) is 9.59 Å². The molecule has 0 saturated carbocycles. The first-order valence-corrected chi connectivity index (χ1v) is 11.5. The lowest BCUT2D eigenvalue weighted by atomic mass is 10.1. The molecular weight excluding hydrogens is 414 g/mol. The van der Waals surface area contributed by atoms with E-state index in [4.69, 9.17) is 4.98 Å². The first-order valence-electron chi connectivity index (χ1n) is 9.80. The predicted octanol–water partition coefficient (Wildman–Crippen LogP) is 5.59. The Hall–Kier alpha value is -3.03. The number of aromatic nitrogens is 1. The van der Waals surface area contributed by atoms with E-state index in [0.717, 1.165) is 34.6 Å². The molecule has 2 aromatic carbocycles. The molecule has 1 atom stereocenters. The monoisotopic (exact) mass is 433 g/mol. The first-order chi connectivity index (χ1) is 14.7. The molecule has 1 saturated heterocycles. The third-order valence-electron chi connectivity index (χ3n) is 5.24. The van der Waals surface area contributed by atoms with Crippen LogP contribution in [0.15, 0.2) is 66.0 Å². The van der Waals surface area contributed by atoms with E-state index in [0.29, 0.717) is 16.1 Å². The van der Waals surface area contributed by atoms with Crippen molar-refractivity contribution in [2.45, 2.75) is 18.9 Å². The molecule has 0 spiro atoms. The van der Waals surface area contributed by atoms with E-state index in [2.05, 4.69) is 11.4 Å². The molecule has 5 rings (SSSR count). The van der Waals surface area contributed by atoms with Gasteiger partial charge in [-0.3, -0.25) is 9.59 Å². The number of benzene rings is 2. The topological polar surface area (TPSA) is 62.3 Å². The number of hydrogen-bond donors (Lipinski definition) is 1. The zero-order valence-corrected chi connectivity index (χ0v) is 17.7. The van der Waals surface area contributed by atoms with Crippen molar-refractivity contribution in [1.82, 2.24) is 9.88 Å². The number of hydrogen-bond acceptors (Lipinski definition) is 5. The van der Waals surface area contributed by atoms with Gasteiger partial charge in [0.15, 0.2) is 0 Å². The van der Waals surface area contributed by atoms with Gasteiger partial charge in [0.1, 0.15) is 5.01 Å². The number of fused-ring (bicyclic) bond motifs is 1. The number of nitrogens with zero attached hydrogens (tertiary/aromatic N) is 2. The fraction of sp³-hybridized carbons (Fsp3) is 0.174. The summed E-state index contributed by atoms with van der Waals surface area (Å²) in [4.78, 5) is 32.7. The molecule has 30 heavy (non-hydrogen) atoms. The molecule has 0 aliphatic carbocycles. The smallest absolute Gasteiger partial charge is 0.265 e. The van der Waals surface area contributed by atoms with Crippen LogP contribution < -0.4 is 5.32 Å². The SMILES string of the molecule is O=C(Nc1ccc(C(=O)N2CCC[C@H]2c2nc3ccccc3s2)cc1)c1cccs1. The van der Waals surface area contributed by atoms with Crippen molar-refractivity contribution in [2.75, 3.05) is 11.9 Å². The lowest BCUT2D eigenvalue weighted by Crippen LogP contribution is -2.30. The van der Waals surface area contributed by atoms with Crippen molar-refractivity contribution in [3.8, 4) is 0 Å². The van der Waals surface area contributed by atoms with Gasteiger partial charge in [-0.25, -0.2) is 4.98 Å². The zero-order valence-electron chi connectivity index (χ0n) is 16.1. The molecule has 0 bridgehead atoms. The maximum absolute atomic E-state index is 13.2. The van der Waals surface area contributed by atoms with Crippen LogP contribution in [0.2, 0.25) is 0 Å². The highest BCUT2D eigenvalue weighted by Crippen LogP contribution is 2.37. The maximum atomic E-state index is 13.2. The van der Waals surface area contributed by atoms with Crippen LogP contribution >= 0.6 is 22.7 Å². The average molecular weight is 434 g/mol. The maximum Gasteiger partial charge on any atom is 0.265 e. The minimum atomic E-state index is -0.139. The van der Waals surface area contributed by atoms with Gasteiger partial charge in [0, 0.05) is 17.8 Å². The van der Waals surface area contributed by atoms with Crippen molar-refractivity contribution in [1.29, 1.82) is 0 Å². The van der Waals surface area contributed by atoms with Gasteiger partial charge >= 0.3 is 0 Å². The molecule has 1 aliphatic rings. The number of anilines is 1. The number of carbonyl (C=O) groups excluding carboxylic acids is 2. The number of thiazole rings is 1. The molecule has 2 aromatic heterocycles. The average Bonchev–Trinajstić information content (AvgIpc) is 3.53. The van der Waals surface area contributed by atoms with Crippen molar-refractivity contribution < 1.29 is 9.59 Å². The normalized spacial score (nSPS) is 16.1. The van der Waals surface area contributed by atoms with Crippen LogP contribution in [0.5, 0.6) is 0 Å².